The second-order valence-corrected chi connectivity index (χ2v) is 4.86. The number of H-pyrrole nitrogens is 1. The van der Waals surface area contributed by atoms with E-state index in [0.29, 0.717) is 5.65 Å². The van der Waals surface area contributed by atoms with Crippen LogP contribution in [0.5, 0.6) is 5.75 Å². The van der Waals surface area contributed by atoms with Crippen molar-refractivity contribution in [1.29, 1.82) is 0 Å². The highest BCUT2D eigenvalue weighted by molar-refractivity contribution is 5.73. The lowest BCUT2D eigenvalue weighted by atomic mass is 10.1. The Morgan fingerprint density at radius 3 is 2.95 bits per heavy atom. The molecule has 2 N–H and O–H groups in total. The van der Waals surface area contributed by atoms with Gasteiger partial charge in [-0.1, -0.05) is 18.2 Å². The van der Waals surface area contributed by atoms with E-state index in [1.807, 2.05) is 37.4 Å². The molecule has 3 heterocycles. The zero-order chi connectivity index (χ0) is 13.5. The fraction of sp³-hybridized carbons (Fsp3) is 0.200. The van der Waals surface area contributed by atoms with Crippen LogP contribution in [-0.4, -0.2) is 22.0 Å². The fourth-order valence-electron chi connectivity index (χ4n) is 2.54. The molecule has 2 aromatic heterocycles. The normalized spacial score (nSPS) is 16.9. The van der Waals surface area contributed by atoms with Gasteiger partial charge >= 0.3 is 0 Å². The van der Waals surface area contributed by atoms with Crippen molar-refractivity contribution in [2.45, 2.75) is 12.5 Å². The Morgan fingerprint density at radius 2 is 2.10 bits per heavy atom. The summed E-state index contributed by atoms with van der Waals surface area (Å²) in [6.45, 7) is 0. The number of ether oxygens (including phenoxy) is 1. The summed E-state index contributed by atoms with van der Waals surface area (Å²) in [5, 5.41) is 3.02. The third-order valence-electron chi connectivity index (χ3n) is 3.57. The minimum atomic E-state index is -0.0559. The number of rotatable bonds is 2. The van der Waals surface area contributed by atoms with Crippen molar-refractivity contribution >= 4 is 17.0 Å². The van der Waals surface area contributed by atoms with Crippen LogP contribution in [0.4, 0.5) is 5.82 Å². The minimum absolute atomic E-state index is 0.0559. The molecular formula is C15H14N4O. The number of imidazole rings is 1. The van der Waals surface area contributed by atoms with Crippen molar-refractivity contribution in [3.05, 3.63) is 47.8 Å². The van der Waals surface area contributed by atoms with E-state index in [-0.39, 0.29) is 6.10 Å². The van der Waals surface area contributed by atoms with Crippen LogP contribution >= 0.6 is 0 Å². The van der Waals surface area contributed by atoms with Crippen LogP contribution in [0.15, 0.2) is 36.4 Å². The summed E-state index contributed by atoms with van der Waals surface area (Å²) < 4.78 is 5.94. The monoisotopic (exact) mass is 266 g/mol. The van der Waals surface area contributed by atoms with Gasteiger partial charge in [0.25, 0.3) is 0 Å². The molecule has 0 aliphatic carbocycles. The van der Waals surface area contributed by atoms with Crippen LogP contribution in [0.1, 0.15) is 17.5 Å². The van der Waals surface area contributed by atoms with Gasteiger partial charge in [0.1, 0.15) is 11.6 Å². The maximum absolute atomic E-state index is 5.94. The molecule has 4 rings (SSSR count). The van der Waals surface area contributed by atoms with Gasteiger partial charge in [0.15, 0.2) is 17.6 Å². The Hall–Kier alpha value is -2.56. The topological polar surface area (TPSA) is 62.8 Å². The predicted octanol–water partition coefficient (Wildman–Crippen LogP) is 2.68. The molecular weight excluding hydrogens is 252 g/mol. The van der Waals surface area contributed by atoms with Crippen LogP contribution in [0.3, 0.4) is 0 Å². The molecule has 100 valence electrons. The number of benzene rings is 1. The first-order valence-corrected chi connectivity index (χ1v) is 6.62. The van der Waals surface area contributed by atoms with E-state index >= 15 is 0 Å². The Kier molecular flexibility index (Phi) is 2.39. The number of fused-ring (bicyclic) bond motifs is 2. The zero-order valence-corrected chi connectivity index (χ0v) is 11.1. The lowest BCUT2D eigenvalue weighted by Gasteiger charge is -2.06. The van der Waals surface area contributed by atoms with E-state index in [1.54, 1.807) is 0 Å². The van der Waals surface area contributed by atoms with Gasteiger partial charge in [0.05, 0.1) is 5.52 Å². The lowest BCUT2D eigenvalue weighted by Crippen LogP contribution is -2.05. The van der Waals surface area contributed by atoms with Crippen LogP contribution in [0.2, 0.25) is 0 Å². The van der Waals surface area contributed by atoms with Gasteiger partial charge in [-0.05, 0) is 23.8 Å². The SMILES string of the molecule is CNc1ccc2[nH]c(C3Cc4ccccc4O3)nc2n1. The predicted molar refractivity (Wildman–Crippen MR) is 77.0 cm³/mol. The molecule has 5 heteroatoms. The average molecular weight is 266 g/mol. The molecule has 0 spiro atoms. The van der Waals surface area contributed by atoms with E-state index in [2.05, 4.69) is 26.3 Å². The largest absolute Gasteiger partial charge is 0.482 e. The average Bonchev–Trinajstić information content (AvgIpc) is 3.09. The summed E-state index contributed by atoms with van der Waals surface area (Å²) in [4.78, 5) is 12.3. The van der Waals surface area contributed by atoms with E-state index in [4.69, 9.17) is 4.74 Å². The van der Waals surface area contributed by atoms with Gasteiger partial charge in [-0.2, -0.15) is 0 Å². The van der Waals surface area contributed by atoms with Gasteiger partial charge in [-0.3, -0.25) is 0 Å². The standard InChI is InChI=1S/C15H14N4O/c1-16-13-7-6-10-14(18-13)19-15(17-10)12-8-9-4-2-3-5-11(9)20-12/h2-7,12H,8H2,1H3,(H2,16,17,18,19). The van der Waals surface area contributed by atoms with Gasteiger partial charge < -0.3 is 15.0 Å². The summed E-state index contributed by atoms with van der Waals surface area (Å²) in [6.07, 6.45) is 0.786. The highest BCUT2D eigenvalue weighted by atomic mass is 16.5. The number of nitrogens with one attached hydrogen (secondary N) is 2. The van der Waals surface area contributed by atoms with Crippen molar-refractivity contribution < 1.29 is 4.74 Å². The van der Waals surface area contributed by atoms with Gasteiger partial charge in [0.2, 0.25) is 0 Å². The number of aromatic amines is 1. The molecule has 1 aromatic carbocycles. The third kappa shape index (κ3) is 1.71. The van der Waals surface area contributed by atoms with Crippen LogP contribution in [-0.2, 0) is 6.42 Å². The fourth-order valence-corrected chi connectivity index (χ4v) is 2.54. The molecule has 5 nitrogen and oxygen atoms in total. The molecule has 3 aromatic rings. The third-order valence-corrected chi connectivity index (χ3v) is 3.57. The van der Waals surface area contributed by atoms with Gasteiger partial charge in [-0.25, -0.2) is 9.97 Å². The van der Waals surface area contributed by atoms with Crippen molar-refractivity contribution in [3.63, 3.8) is 0 Å². The molecule has 20 heavy (non-hydrogen) atoms. The number of nitrogens with zero attached hydrogens (tertiary/aromatic N) is 2. The van der Waals surface area contributed by atoms with Gasteiger partial charge in [-0.15, -0.1) is 0 Å². The molecule has 0 bridgehead atoms. The number of pyridine rings is 1. The van der Waals surface area contributed by atoms with Gasteiger partial charge in [0, 0.05) is 13.5 Å². The van der Waals surface area contributed by atoms with Crippen molar-refractivity contribution in [2.24, 2.45) is 0 Å². The van der Waals surface area contributed by atoms with E-state index < -0.39 is 0 Å². The summed E-state index contributed by atoms with van der Waals surface area (Å²) in [5.74, 6) is 2.59. The van der Waals surface area contributed by atoms with Crippen molar-refractivity contribution in [1.82, 2.24) is 15.0 Å². The number of hydrogen-bond acceptors (Lipinski definition) is 4. The maximum Gasteiger partial charge on any atom is 0.179 e. The molecule has 0 radical (unpaired) electrons. The molecule has 0 amide bonds. The summed E-state index contributed by atoms with van der Waals surface area (Å²) in [6, 6.07) is 12.0. The second kappa shape index (κ2) is 4.23. The number of hydrogen-bond donors (Lipinski definition) is 2. The van der Waals surface area contributed by atoms with Crippen LogP contribution in [0, 0.1) is 0 Å². The molecule has 1 atom stereocenters. The number of para-hydroxylation sites is 1. The molecule has 1 aliphatic heterocycles. The molecule has 0 fully saturated rings. The first-order chi connectivity index (χ1) is 9.83. The molecule has 0 saturated carbocycles. The zero-order valence-electron chi connectivity index (χ0n) is 11.1. The number of aromatic nitrogens is 3. The molecule has 0 saturated heterocycles. The van der Waals surface area contributed by atoms with E-state index in [1.165, 1.54) is 5.56 Å². The molecule has 1 unspecified atom stereocenters. The van der Waals surface area contributed by atoms with Crippen molar-refractivity contribution in [3.8, 4) is 5.75 Å². The maximum atomic E-state index is 5.94. The summed E-state index contributed by atoms with van der Waals surface area (Å²) >= 11 is 0. The molecule has 1 aliphatic rings. The highest BCUT2D eigenvalue weighted by Gasteiger charge is 2.26. The smallest absolute Gasteiger partial charge is 0.179 e. The number of anilines is 1. The Bertz CT molecular complexity index is 755. The summed E-state index contributed by atoms with van der Waals surface area (Å²) in [7, 11) is 1.85. The van der Waals surface area contributed by atoms with Crippen molar-refractivity contribution in [2.75, 3.05) is 12.4 Å². The van der Waals surface area contributed by atoms with Crippen LogP contribution < -0.4 is 10.1 Å². The van der Waals surface area contributed by atoms with E-state index in [0.717, 1.165) is 29.3 Å². The lowest BCUT2D eigenvalue weighted by molar-refractivity contribution is 0.229. The second-order valence-electron chi connectivity index (χ2n) is 4.86. The quantitative estimate of drug-likeness (QED) is 0.748. The first kappa shape index (κ1) is 11.3. The Balaban J connectivity index is 1.70. The summed E-state index contributed by atoms with van der Waals surface area (Å²) in [5.41, 5.74) is 2.87. The minimum Gasteiger partial charge on any atom is -0.482 e. The van der Waals surface area contributed by atoms with Crippen LogP contribution in [0.25, 0.3) is 11.2 Å². The Labute approximate surface area is 116 Å². The highest BCUT2D eigenvalue weighted by Crippen LogP contribution is 2.35. The first-order valence-electron chi connectivity index (χ1n) is 6.62. The Morgan fingerprint density at radius 1 is 1.20 bits per heavy atom. The van der Waals surface area contributed by atoms with E-state index in [9.17, 15) is 0 Å².